The predicted molar refractivity (Wildman–Crippen MR) is 91.9 cm³/mol. The molecule has 1 aliphatic rings. The van der Waals surface area contributed by atoms with E-state index in [1.807, 2.05) is 32.9 Å². The fourth-order valence-electron chi connectivity index (χ4n) is 3.30. The molecule has 0 saturated heterocycles. The second-order valence-corrected chi connectivity index (χ2v) is 7.15. The van der Waals surface area contributed by atoms with Crippen LogP contribution in [0.3, 0.4) is 0 Å². The molecule has 1 amide bonds. The number of ether oxygens (including phenoxy) is 1. The Kier molecular flexibility index (Phi) is 5.86. The Hall–Kier alpha value is -2.04. The van der Waals surface area contributed by atoms with Gasteiger partial charge in [-0.25, -0.2) is 4.79 Å². The Morgan fingerprint density at radius 1 is 1.25 bits per heavy atom. The molecule has 1 fully saturated rings. The molecular weight excluding hydrogens is 306 g/mol. The van der Waals surface area contributed by atoms with Crippen LogP contribution in [0.25, 0.3) is 0 Å². The number of amides is 1. The summed E-state index contributed by atoms with van der Waals surface area (Å²) in [6.07, 6.45) is 4.69. The van der Waals surface area contributed by atoms with Crippen molar-refractivity contribution in [2.45, 2.75) is 52.5 Å². The number of carbonyl (C=O) groups is 2. The number of hydrogen-bond donors (Lipinski definition) is 2. The van der Waals surface area contributed by atoms with Gasteiger partial charge in [-0.2, -0.15) is 0 Å². The molecule has 24 heavy (non-hydrogen) atoms. The predicted octanol–water partition coefficient (Wildman–Crippen LogP) is 3.54. The molecule has 1 aromatic rings. The molecule has 2 rings (SSSR count). The molecule has 0 heterocycles. The van der Waals surface area contributed by atoms with Crippen molar-refractivity contribution >= 4 is 11.9 Å². The number of carboxylic acids is 1. The molecule has 0 aliphatic heterocycles. The van der Waals surface area contributed by atoms with Gasteiger partial charge in [0, 0.05) is 5.41 Å². The maximum atomic E-state index is 12.7. The Morgan fingerprint density at radius 2 is 1.83 bits per heavy atom. The van der Waals surface area contributed by atoms with E-state index in [0.29, 0.717) is 11.7 Å². The van der Waals surface area contributed by atoms with E-state index in [1.54, 1.807) is 12.1 Å². The first-order valence-corrected chi connectivity index (χ1v) is 8.56. The standard InChI is InChI=1S/C19H27NO4/c1-13(14-8-10-16(11-9-14)24-12-17(21)22)20-18(23)19(2,3)15-6-4-5-7-15/h8-11,13,15H,4-7,12H2,1-3H3,(H,20,23)(H,21,22)/t13-/m1/s1. The fourth-order valence-corrected chi connectivity index (χ4v) is 3.30. The van der Waals surface area contributed by atoms with E-state index in [1.165, 1.54) is 12.8 Å². The molecule has 132 valence electrons. The first kappa shape index (κ1) is 18.3. The van der Waals surface area contributed by atoms with Crippen LogP contribution in [0.2, 0.25) is 0 Å². The van der Waals surface area contributed by atoms with Crippen LogP contribution in [0.4, 0.5) is 0 Å². The third kappa shape index (κ3) is 4.49. The van der Waals surface area contributed by atoms with E-state index < -0.39 is 5.97 Å². The van der Waals surface area contributed by atoms with Gasteiger partial charge in [-0.3, -0.25) is 4.79 Å². The summed E-state index contributed by atoms with van der Waals surface area (Å²) < 4.78 is 5.12. The number of benzene rings is 1. The molecule has 1 aliphatic carbocycles. The van der Waals surface area contributed by atoms with Crippen LogP contribution in [-0.2, 0) is 9.59 Å². The highest BCUT2D eigenvalue weighted by molar-refractivity contribution is 5.82. The van der Waals surface area contributed by atoms with Crippen molar-refractivity contribution in [2.75, 3.05) is 6.61 Å². The van der Waals surface area contributed by atoms with Gasteiger partial charge in [-0.15, -0.1) is 0 Å². The quantitative estimate of drug-likeness (QED) is 0.800. The number of nitrogens with one attached hydrogen (secondary N) is 1. The van der Waals surface area contributed by atoms with Crippen LogP contribution in [0.1, 0.15) is 58.1 Å². The van der Waals surface area contributed by atoms with Crippen molar-refractivity contribution in [2.24, 2.45) is 11.3 Å². The van der Waals surface area contributed by atoms with Gasteiger partial charge in [0.05, 0.1) is 6.04 Å². The molecule has 0 bridgehead atoms. The summed E-state index contributed by atoms with van der Waals surface area (Å²) >= 11 is 0. The van der Waals surface area contributed by atoms with Crippen molar-refractivity contribution in [3.63, 3.8) is 0 Å². The molecule has 5 heteroatoms. The zero-order valence-corrected chi connectivity index (χ0v) is 14.7. The summed E-state index contributed by atoms with van der Waals surface area (Å²) in [7, 11) is 0. The highest BCUT2D eigenvalue weighted by Crippen LogP contribution is 2.40. The topological polar surface area (TPSA) is 75.6 Å². The smallest absolute Gasteiger partial charge is 0.341 e. The first-order chi connectivity index (χ1) is 11.3. The molecular formula is C19H27NO4. The van der Waals surface area contributed by atoms with Crippen molar-refractivity contribution in [1.82, 2.24) is 5.32 Å². The van der Waals surface area contributed by atoms with Crippen LogP contribution in [0.15, 0.2) is 24.3 Å². The molecule has 2 N–H and O–H groups in total. The van der Waals surface area contributed by atoms with Crippen LogP contribution < -0.4 is 10.1 Å². The zero-order chi connectivity index (χ0) is 17.7. The minimum atomic E-state index is -1.01. The molecule has 0 aromatic heterocycles. The van der Waals surface area contributed by atoms with Crippen LogP contribution >= 0.6 is 0 Å². The van der Waals surface area contributed by atoms with Gasteiger partial charge in [0.1, 0.15) is 5.75 Å². The van der Waals surface area contributed by atoms with Crippen molar-refractivity contribution < 1.29 is 19.4 Å². The molecule has 1 saturated carbocycles. The van der Waals surface area contributed by atoms with Crippen LogP contribution in [-0.4, -0.2) is 23.6 Å². The third-order valence-electron chi connectivity index (χ3n) is 5.05. The summed E-state index contributed by atoms with van der Waals surface area (Å²) in [5.41, 5.74) is 0.614. The number of hydrogen-bond acceptors (Lipinski definition) is 3. The Morgan fingerprint density at radius 3 is 2.38 bits per heavy atom. The Labute approximate surface area is 143 Å². The summed E-state index contributed by atoms with van der Waals surface area (Å²) in [5, 5.41) is 11.7. The zero-order valence-electron chi connectivity index (χ0n) is 14.7. The van der Waals surface area contributed by atoms with Gasteiger partial charge in [-0.05, 0) is 43.4 Å². The maximum absolute atomic E-state index is 12.7. The molecule has 0 spiro atoms. The summed E-state index contributed by atoms with van der Waals surface area (Å²) in [5.74, 6) is 0.0458. The van der Waals surface area contributed by atoms with Crippen LogP contribution in [0.5, 0.6) is 5.75 Å². The minimum Gasteiger partial charge on any atom is -0.482 e. The number of carboxylic acid groups (broad SMARTS) is 1. The first-order valence-electron chi connectivity index (χ1n) is 8.56. The van der Waals surface area contributed by atoms with Gasteiger partial charge in [-0.1, -0.05) is 38.8 Å². The Balaban J connectivity index is 1.94. The van der Waals surface area contributed by atoms with E-state index in [4.69, 9.17) is 9.84 Å². The normalized spacial score (nSPS) is 16.6. The van der Waals surface area contributed by atoms with Gasteiger partial charge in [0.25, 0.3) is 0 Å². The SMILES string of the molecule is C[C@@H](NC(=O)C(C)(C)C1CCCC1)c1ccc(OCC(=O)O)cc1. The summed E-state index contributed by atoms with van der Waals surface area (Å²) in [4.78, 5) is 23.2. The molecule has 1 atom stereocenters. The van der Waals surface area contributed by atoms with Gasteiger partial charge in [0.15, 0.2) is 6.61 Å². The highest BCUT2D eigenvalue weighted by Gasteiger charge is 2.38. The van der Waals surface area contributed by atoms with E-state index in [2.05, 4.69) is 5.32 Å². The molecule has 1 aromatic carbocycles. The van der Waals surface area contributed by atoms with E-state index in [0.717, 1.165) is 18.4 Å². The average molecular weight is 333 g/mol. The monoisotopic (exact) mass is 333 g/mol. The second-order valence-electron chi connectivity index (χ2n) is 7.15. The minimum absolute atomic E-state index is 0.0908. The van der Waals surface area contributed by atoms with Crippen LogP contribution in [0, 0.1) is 11.3 Å². The summed E-state index contributed by atoms with van der Waals surface area (Å²) in [6.45, 7) is 5.67. The lowest BCUT2D eigenvalue weighted by atomic mass is 9.77. The van der Waals surface area contributed by atoms with Gasteiger partial charge >= 0.3 is 5.97 Å². The van der Waals surface area contributed by atoms with Crippen molar-refractivity contribution in [1.29, 1.82) is 0 Å². The van der Waals surface area contributed by atoms with E-state index in [9.17, 15) is 9.59 Å². The van der Waals surface area contributed by atoms with Crippen molar-refractivity contribution in [3.05, 3.63) is 29.8 Å². The molecule has 0 unspecified atom stereocenters. The highest BCUT2D eigenvalue weighted by atomic mass is 16.5. The summed E-state index contributed by atoms with van der Waals surface area (Å²) in [6, 6.07) is 7.05. The number of aliphatic carboxylic acids is 1. The van der Waals surface area contributed by atoms with Gasteiger partial charge in [0.2, 0.25) is 5.91 Å². The third-order valence-corrected chi connectivity index (χ3v) is 5.05. The van der Waals surface area contributed by atoms with E-state index in [-0.39, 0.29) is 24.0 Å². The molecule has 5 nitrogen and oxygen atoms in total. The number of carbonyl (C=O) groups excluding carboxylic acids is 1. The van der Waals surface area contributed by atoms with Crippen molar-refractivity contribution in [3.8, 4) is 5.75 Å². The average Bonchev–Trinajstić information content (AvgIpc) is 3.08. The van der Waals surface area contributed by atoms with Gasteiger partial charge < -0.3 is 15.2 Å². The Bertz CT molecular complexity index is 574. The lowest BCUT2D eigenvalue weighted by Gasteiger charge is -2.31. The number of rotatable bonds is 7. The van der Waals surface area contributed by atoms with E-state index >= 15 is 0 Å². The lowest BCUT2D eigenvalue weighted by Crippen LogP contribution is -2.42. The maximum Gasteiger partial charge on any atom is 0.341 e. The molecule has 0 radical (unpaired) electrons. The lowest BCUT2D eigenvalue weighted by molar-refractivity contribution is -0.139. The second kappa shape index (κ2) is 7.69. The largest absolute Gasteiger partial charge is 0.482 e. The fraction of sp³-hybridized carbons (Fsp3) is 0.579.